The molecule has 0 aliphatic rings. The van der Waals surface area contributed by atoms with E-state index in [-0.39, 0.29) is 23.9 Å². The molecule has 0 radical (unpaired) electrons. The third kappa shape index (κ3) is 3.74. The normalized spacial score (nSPS) is 11.2. The summed E-state index contributed by atoms with van der Waals surface area (Å²) in [4.78, 5) is 31.5. The molecule has 27 heavy (non-hydrogen) atoms. The summed E-state index contributed by atoms with van der Waals surface area (Å²) < 4.78 is 14.7. The highest BCUT2D eigenvalue weighted by atomic mass is 19.1. The van der Waals surface area contributed by atoms with Gasteiger partial charge in [0.25, 0.3) is 5.56 Å². The van der Waals surface area contributed by atoms with Gasteiger partial charge in [0, 0.05) is 11.7 Å². The molecule has 1 aromatic heterocycles. The summed E-state index contributed by atoms with van der Waals surface area (Å²) in [6, 6.07) is 9.70. The predicted octanol–water partition coefficient (Wildman–Crippen LogP) is 3.59. The highest BCUT2D eigenvalue weighted by Crippen LogP contribution is 2.24. The molecule has 3 aromatic rings. The van der Waals surface area contributed by atoms with Crippen molar-refractivity contribution in [3.8, 4) is 0 Å². The first-order chi connectivity index (χ1) is 12.8. The van der Waals surface area contributed by atoms with E-state index in [1.54, 1.807) is 4.90 Å². The Bertz CT molecular complexity index is 1070. The second kappa shape index (κ2) is 7.31. The van der Waals surface area contributed by atoms with Crippen molar-refractivity contribution in [2.45, 2.75) is 40.3 Å². The van der Waals surface area contributed by atoms with Crippen LogP contribution in [-0.4, -0.2) is 21.5 Å². The number of hydrogen-bond donors (Lipinski definition) is 0. The third-order valence-corrected chi connectivity index (χ3v) is 4.50. The topological polar surface area (TPSA) is 55.2 Å². The minimum Gasteiger partial charge on any atom is -0.308 e. The molecule has 0 atom stereocenters. The molecule has 0 bridgehead atoms. The minimum atomic E-state index is -0.510. The van der Waals surface area contributed by atoms with Gasteiger partial charge in [-0.3, -0.25) is 14.2 Å². The van der Waals surface area contributed by atoms with E-state index in [0.717, 1.165) is 22.9 Å². The van der Waals surface area contributed by atoms with Crippen LogP contribution >= 0.6 is 0 Å². The van der Waals surface area contributed by atoms with Crippen molar-refractivity contribution in [1.82, 2.24) is 9.55 Å². The van der Waals surface area contributed by atoms with Crippen LogP contribution in [0.2, 0.25) is 0 Å². The number of fused-ring (bicyclic) bond motifs is 1. The largest absolute Gasteiger partial charge is 0.308 e. The summed E-state index contributed by atoms with van der Waals surface area (Å²) in [6.07, 6.45) is 1.34. The van der Waals surface area contributed by atoms with Crippen molar-refractivity contribution in [3.63, 3.8) is 0 Å². The Hall–Kier alpha value is -3.02. The minimum absolute atomic E-state index is 0.0837. The first-order valence-corrected chi connectivity index (χ1v) is 8.82. The molecule has 6 heteroatoms. The van der Waals surface area contributed by atoms with E-state index in [1.807, 2.05) is 45.9 Å². The van der Waals surface area contributed by atoms with Gasteiger partial charge >= 0.3 is 0 Å². The van der Waals surface area contributed by atoms with Crippen molar-refractivity contribution >= 4 is 22.5 Å². The van der Waals surface area contributed by atoms with Crippen LogP contribution in [0.25, 0.3) is 10.9 Å². The lowest BCUT2D eigenvalue weighted by atomic mass is 10.1. The van der Waals surface area contributed by atoms with Crippen molar-refractivity contribution in [1.29, 1.82) is 0 Å². The van der Waals surface area contributed by atoms with Crippen LogP contribution in [0.3, 0.4) is 0 Å². The van der Waals surface area contributed by atoms with E-state index in [4.69, 9.17) is 0 Å². The molecule has 0 spiro atoms. The summed E-state index contributed by atoms with van der Waals surface area (Å²) in [7, 11) is 0. The van der Waals surface area contributed by atoms with E-state index < -0.39 is 11.4 Å². The number of amides is 1. The van der Waals surface area contributed by atoms with Crippen LogP contribution < -0.4 is 10.5 Å². The van der Waals surface area contributed by atoms with Crippen molar-refractivity contribution in [2.24, 2.45) is 0 Å². The number of aryl methyl sites for hydroxylation is 2. The van der Waals surface area contributed by atoms with Crippen molar-refractivity contribution < 1.29 is 9.18 Å². The molecule has 0 aliphatic heterocycles. The number of benzene rings is 2. The first-order valence-electron chi connectivity index (χ1n) is 8.82. The zero-order chi connectivity index (χ0) is 19.7. The lowest BCUT2D eigenvalue weighted by Gasteiger charge is -2.29. The smallest absolute Gasteiger partial charge is 0.261 e. The van der Waals surface area contributed by atoms with Gasteiger partial charge < -0.3 is 4.90 Å². The second-order valence-electron chi connectivity index (χ2n) is 6.99. The lowest BCUT2D eigenvalue weighted by Crippen LogP contribution is -2.41. The number of halogens is 1. The quantitative estimate of drug-likeness (QED) is 0.708. The molecule has 0 aliphatic carbocycles. The molecule has 1 amide bonds. The molecule has 3 rings (SSSR count). The number of nitrogens with zero attached hydrogens (tertiary/aromatic N) is 3. The highest BCUT2D eigenvalue weighted by molar-refractivity contribution is 5.94. The molecule has 0 saturated carbocycles. The fraction of sp³-hybridized carbons (Fsp3) is 0.286. The lowest BCUT2D eigenvalue weighted by molar-refractivity contribution is -0.119. The zero-order valence-electron chi connectivity index (χ0n) is 15.9. The molecule has 1 heterocycles. The van der Waals surface area contributed by atoms with E-state index in [0.29, 0.717) is 5.52 Å². The average molecular weight is 367 g/mol. The fourth-order valence-corrected chi connectivity index (χ4v) is 3.15. The van der Waals surface area contributed by atoms with E-state index in [1.165, 1.54) is 23.0 Å². The summed E-state index contributed by atoms with van der Waals surface area (Å²) >= 11 is 0. The Kier molecular flexibility index (Phi) is 5.08. The van der Waals surface area contributed by atoms with Crippen molar-refractivity contribution in [3.05, 3.63) is 70.0 Å². The summed E-state index contributed by atoms with van der Waals surface area (Å²) in [6.45, 7) is 7.61. The molecule has 0 unspecified atom stereocenters. The monoisotopic (exact) mass is 367 g/mol. The maximum atomic E-state index is 13.5. The SMILES string of the molecule is Cc1ccc(C)c(N(C(=O)Cn2cnc3ccc(F)cc3c2=O)C(C)C)c1. The van der Waals surface area contributed by atoms with Gasteiger partial charge in [0.1, 0.15) is 12.4 Å². The van der Waals surface area contributed by atoms with Crippen LogP contribution in [-0.2, 0) is 11.3 Å². The van der Waals surface area contributed by atoms with Gasteiger partial charge in [-0.2, -0.15) is 0 Å². The Morgan fingerprint density at radius 1 is 1.19 bits per heavy atom. The molecule has 140 valence electrons. The summed E-state index contributed by atoms with van der Waals surface area (Å²) in [5, 5.41) is 0.160. The van der Waals surface area contributed by atoms with Gasteiger partial charge in [0.05, 0.1) is 17.2 Å². The molecule has 2 aromatic carbocycles. The van der Waals surface area contributed by atoms with Gasteiger partial charge in [0.15, 0.2) is 0 Å². The molecular formula is C21H22FN3O2. The van der Waals surface area contributed by atoms with Gasteiger partial charge in [-0.1, -0.05) is 12.1 Å². The van der Waals surface area contributed by atoms with Crippen LogP contribution in [0.1, 0.15) is 25.0 Å². The number of anilines is 1. The molecule has 0 N–H and O–H groups in total. The Morgan fingerprint density at radius 2 is 1.93 bits per heavy atom. The maximum absolute atomic E-state index is 13.5. The average Bonchev–Trinajstić information content (AvgIpc) is 2.61. The van der Waals surface area contributed by atoms with E-state index in [9.17, 15) is 14.0 Å². The Labute approximate surface area is 157 Å². The van der Waals surface area contributed by atoms with E-state index >= 15 is 0 Å². The number of aromatic nitrogens is 2. The highest BCUT2D eigenvalue weighted by Gasteiger charge is 2.22. The van der Waals surface area contributed by atoms with Crippen LogP contribution in [0.4, 0.5) is 10.1 Å². The van der Waals surface area contributed by atoms with Crippen molar-refractivity contribution in [2.75, 3.05) is 4.90 Å². The van der Waals surface area contributed by atoms with Gasteiger partial charge in [-0.05, 0) is 63.1 Å². The Balaban J connectivity index is 1.99. The van der Waals surface area contributed by atoms with Gasteiger partial charge in [-0.25, -0.2) is 9.37 Å². The number of carbonyl (C=O) groups is 1. The molecule has 5 nitrogen and oxygen atoms in total. The van der Waals surface area contributed by atoms with Gasteiger partial charge in [0.2, 0.25) is 5.91 Å². The summed E-state index contributed by atoms with van der Waals surface area (Å²) in [5.74, 6) is -0.733. The maximum Gasteiger partial charge on any atom is 0.261 e. The number of rotatable bonds is 4. The fourth-order valence-electron chi connectivity index (χ4n) is 3.15. The third-order valence-electron chi connectivity index (χ3n) is 4.50. The summed E-state index contributed by atoms with van der Waals surface area (Å²) in [5.41, 5.74) is 2.82. The van der Waals surface area contributed by atoms with Crippen LogP contribution in [0.15, 0.2) is 47.5 Å². The second-order valence-corrected chi connectivity index (χ2v) is 6.99. The predicted molar refractivity (Wildman–Crippen MR) is 104 cm³/mol. The Morgan fingerprint density at radius 3 is 2.63 bits per heavy atom. The zero-order valence-corrected chi connectivity index (χ0v) is 15.9. The number of hydrogen-bond acceptors (Lipinski definition) is 3. The molecular weight excluding hydrogens is 345 g/mol. The van der Waals surface area contributed by atoms with E-state index in [2.05, 4.69) is 4.98 Å². The standard InChI is InChI=1S/C21H22FN3O2/c1-13(2)25(19-9-14(3)5-6-15(19)4)20(26)11-24-12-23-18-8-7-16(22)10-17(18)21(24)27/h5-10,12-13H,11H2,1-4H3. The van der Waals surface area contributed by atoms with Crippen LogP contribution in [0.5, 0.6) is 0 Å². The van der Waals surface area contributed by atoms with Gasteiger partial charge in [-0.15, -0.1) is 0 Å². The number of carbonyl (C=O) groups excluding carboxylic acids is 1. The molecule has 0 fully saturated rings. The van der Waals surface area contributed by atoms with Crippen LogP contribution in [0, 0.1) is 19.7 Å². The molecule has 0 saturated heterocycles. The first kappa shape index (κ1) is 18.8.